The van der Waals surface area contributed by atoms with Gasteiger partial charge in [0.25, 0.3) is 0 Å². The zero-order valence-corrected chi connectivity index (χ0v) is 17.4. The number of nitrogens with zero attached hydrogens (tertiary/aromatic N) is 2. The fraction of sp³-hybridized carbons (Fsp3) is 0.300. The summed E-state index contributed by atoms with van der Waals surface area (Å²) in [6.45, 7) is 4.83. The van der Waals surface area contributed by atoms with Gasteiger partial charge in [0.1, 0.15) is 24.7 Å². The third-order valence-corrected chi connectivity index (χ3v) is 4.02. The molecule has 3 rings (SSSR count). The molecular formula is C20H26Cl2N4O2. The Morgan fingerprint density at radius 1 is 1.04 bits per heavy atom. The number of rotatable bonds is 9. The molecule has 2 N–H and O–H groups in total. The molecule has 0 saturated carbocycles. The molecule has 0 fully saturated rings. The van der Waals surface area contributed by atoms with Gasteiger partial charge in [0, 0.05) is 13.1 Å². The van der Waals surface area contributed by atoms with Gasteiger partial charge in [-0.3, -0.25) is 4.79 Å². The van der Waals surface area contributed by atoms with Crippen LogP contribution in [0.15, 0.2) is 54.6 Å². The molecule has 1 aromatic heterocycles. The zero-order valence-electron chi connectivity index (χ0n) is 15.8. The van der Waals surface area contributed by atoms with E-state index in [0.29, 0.717) is 13.2 Å². The molecule has 2 aromatic carbocycles. The Labute approximate surface area is 177 Å². The minimum absolute atomic E-state index is 0. The molecular weight excluding hydrogens is 399 g/mol. The van der Waals surface area contributed by atoms with Gasteiger partial charge >= 0.3 is 0 Å². The van der Waals surface area contributed by atoms with Crippen LogP contribution in [0.4, 0.5) is 0 Å². The van der Waals surface area contributed by atoms with Gasteiger partial charge in [-0.05, 0) is 30.8 Å². The molecule has 0 bridgehead atoms. The molecule has 0 aliphatic heterocycles. The van der Waals surface area contributed by atoms with Gasteiger partial charge in [0.15, 0.2) is 0 Å². The van der Waals surface area contributed by atoms with Crippen molar-refractivity contribution >= 4 is 41.8 Å². The summed E-state index contributed by atoms with van der Waals surface area (Å²) in [6.07, 6.45) is 0. The molecule has 0 saturated heterocycles. The van der Waals surface area contributed by atoms with Crippen molar-refractivity contribution in [2.24, 2.45) is 0 Å². The summed E-state index contributed by atoms with van der Waals surface area (Å²) in [5.41, 5.74) is 1.79. The third kappa shape index (κ3) is 6.41. The molecule has 0 unspecified atom stereocenters. The Balaban J connectivity index is 0.00000196. The maximum atomic E-state index is 12.3. The fourth-order valence-corrected chi connectivity index (χ4v) is 2.74. The Hall–Kier alpha value is -2.28. The van der Waals surface area contributed by atoms with E-state index < -0.39 is 0 Å². The van der Waals surface area contributed by atoms with Crippen LogP contribution in [0.25, 0.3) is 11.0 Å². The van der Waals surface area contributed by atoms with Crippen LogP contribution in [0, 0.1) is 0 Å². The summed E-state index contributed by atoms with van der Waals surface area (Å²) < 4.78 is 7.75. The molecule has 28 heavy (non-hydrogen) atoms. The van der Waals surface area contributed by atoms with Crippen LogP contribution in [0.5, 0.6) is 5.75 Å². The van der Waals surface area contributed by atoms with E-state index in [9.17, 15) is 4.79 Å². The number of benzene rings is 2. The molecule has 0 atom stereocenters. The monoisotopic (exact) mass is 424 g/mol. The first kappa shape index (κ1) is 23.8. The highest BCUT2D eigenvalue weighted by Crippen LogP contribution is 2.18. The van der Waals surface area contributed by atoms with Crippen molar-refractivity contribution in [3.05, 3.63) is 60.4 Å². The molecule has 1 heterocycles. The number of hydrogen-bond donors (Lipinski definition) is 2. The van der Waals surface area contributed by atoms with Gasteiger partial charge in [-0.15, -0.1) is 24.8 Å². The van der Waals surface area contributed by atoms with E-state index in [1.165, 1.54) is 0 Å². The first-order valence-electron chi connectivity index (χ1n) is 8.87. The van der Waals surface area contributed by atoms with E-state index in [1.54, 1.807) is 0 Å². The lowest BCUT2D eigenvalue weighted by Crippen LogP contribution is -2.34. The number of likely N-dealkylation sites (N-methyl/N-ethyl adjacent to an activating group) is 1. The van der Waals surface area contributed by atoms with Gasteiger partial charge in [-0.2, -0.15) is 0 Å². The van der Waals surface area contributed by atoms with Crippen LogP contribution in [-0.4, -0.2) is 35.1 Å². The van der Waals surface area contributed by atoms with Crippen molar-refractivity contribution in [3.8, 4) is 5.75 Å². The van der Waals surface area contributed by atoms with E-state index in [-0.39, 0.29) is 37.3 Å². The van der Waals surface area contributed by atoms with E-state index in [1.807, 2.05) is 66.1 Å². The number of nitrogens with one attached hydrogen (secondary N) is 2. The topological polar surface area (TPSA) is 68.2 Å². The number of carbonyl (C=O) groups excluding carboxylic acids is 1. The summed E-state index contributed by atoms with van der Waals surface area (Å²) in [5, 5.41) is 6.12. The molecule has 0 aliphatic carbocycles. The highest BCUT2D eigenvalue weighted by molar-refractivity contribution is 5.85. The van der Waals surface area contributed by atoms with Gasteiger partial charge in [-0.1, -0.05) is 37.3 Å². The average Bonchev–Trinajstić information content (AvgIpc) is 3.02. The quantitative estimate of drug-likeness (QED) is 0.517. The van der Waals surface area contributed by atoms with Crippen LogP contribution in [0.1, 0.15) is 12.7 Å². The summed E-state index contributed by atoms with van der Waals surface area (Å²) in [5.74, 6) is 1.48. The average molecular weight is 425 g/mol. The second-order valence-electron chi connectivity index (χ2n) is 5.91. The third-order valence-electron chi connectivity index (χ3n) is 4.02. The summed E-state index contributed by atoms with van der Waals surface area (Å²) >= 11 is 0. The second kappa shape index (κ2) is 12.2. The first-order valence-corrected chi connectivity index (χ1v) is 8.87. The van der Waals surface area contributed by atoms with Crippen molar-refractivity contribution in [1.29, 1.82) is 0 Å². The normalized spacial score (nSPS) is 10.0. The SMILES string of the molecule is CCNCCNC(=O)Cn1c(COc2ccccc2)nc2ccccc21.Cl.Cl. The van der Waals surface area contributed by atoms with E-state index in [4.69, 9.17) is 4.74 Å². The number of imidazole rings is 1. The highest BCUT2D eigenvalue weighted by Gasteiger charge is 2.14. The Morgan fingerprint density at radius 2 is 1.75 bits per heavy atom. The maximum absolute atomic E-state index is 12.3. The Kier molecular flexibility index (Phi) is 10.4. The van der Waals surface area contributed by atoms with Gasteiger partial charge in [0.2, 0.25) is 5.91 Å². The minimum atomic E-state index is -0.0352. The summed E-state index contributed by atoms with van der Waals surface area (Å²) in [4.78, 5) is 17.0. The second-order valence-corrected chi connectivity index (χ2v) is 5.91. The predicted molar refractivity (Wildman–Crippen MR) is 117 cm³/mol. The van der Waals surface area contributed by atoms with Crippen LogP contribution < -0.4 is 15.4 Å². The Bertz CT molecular complexity index is 856. The van der Waals surface area contributed by atoms with Gasteiger partial charge in [0.05, 0.1) is 11.0 Å². The predicted octanol–water partition coefficient (Wildman–Crippen LogP) is 3.18. The molecule has 6 nitrogen and oxygen atoms in total. The summed E-state index contributed by atoms with van der Waals surface area (Å²) in [6, 6.07) is 17.4. The molecule has 8 heteroatoms. The minimum Gasteiger partial charge on any atom is -0.486 e. The van der Waals surface area contributed by atoms with Gasteiger partial charge < -0.3 is 19.9 Å². The lowest BCUT2D eigenvalue weighted by atomic mass is 10.3. The van der Waals surface area contributed by atoms with Crippen LogP contribution in [-0.2, 0) is 17.9 Å². The van der Waals surface area contributed by atoms with E-state index in [2.05, 4.69) is 15.6 Å². The lowest BCUT2D eigenvalue weighted by Gasteiger charge is -2.11. The Morgan fingerprint density at radius 3 is 2.50 bits per heavy atom. The summed E-state index contributed by atoms with van der Waals surface area (Å²) in [7, 11) is 0. The molecule has 1 amide bonds. The largest absolute Gasteiger partial charge is 0.486 e. The molecule has 3 aromatic rings. The zero-order chi connectivity index (χ0) is 18.2. The molecule has 152 valence electrons. The van der Waals surface area contributed by atoms with E-state index >= 15 is 0 Å². The number of amides is 1. The van der Waals surface area contributed by atoms with Crippen molar-refractivity contribution in [2.45, 2.75) is 20.1 Å². The van der Waals surface area contributed by atoms with Gasteiger partial charge in [-0.25, -0.2) is 4.98 Å². The highest BCUT2D eigenvalue weighted by atomic mass is 35.5. The number of carbonyl (C=O) groups is 1. The van der Waals surface area contributed by atoms with Crippen LogP contribution >= 0.6 is 24.8 Å². The van der Waals surface area contributed by atoms with Crippen LogP contribution in [0.2, 0.25) is 0 Å². The number of fused-ring (bicyclic) bond motifs is 1. The number of aromatic nitrogens is 2. The number of halogens is 2. The van der Waals surface area contributed by atoms with E-state index in [0.717, 1.165) is 35.7 Å². The lowest BCUT2D eigenvalue weighted by molar-refractivity contribution is -0.121. The maximum Gasteiger partial charge on any atom is 0.240 e. The number of hydrogen-bond acceptors (Lipinski definition) is 4. The van der Waals surface area contributed by atoms with Crippen molar-refractivity contribution in [2.75, 3.05) is 19.6 Å². The van der Waals surface area contributed by atoms with Crippen molar-refractivity contribution < 1.29 is 9.53 Å². The molecule has 0 spiro atoms. The standard InChI is InChI=1S/C20H24N4O2.2ClH/c1-2-21-12-13-22-20(25)14-24-18-11-7-6-10-17(18)23-19(24)15-26-16-8-4-3-5-9-16;;/h3-11,21H,2,12-15H2,1H3,(H,22,25);2*1H. The molecule has 0 aliphatic rings. The smallest absolute Gasteiger partial charge is 0.240 e. The van der Waals surface area contributed by atoms with Crippen molar-refractivity contribution in [1.82, 2.24) is 20.2 Å². The van der Waals surface area contributed by atoms with Crippen molar-refractivity contribution in [3.63, 3.8) is 0 Å². The number of ether oxygens (including phenoxy) is 1. The fourth-order valence-electron chi connectivity index (χ4n) is 2.74. The first-order chi connectivity index (χ1) is 12.8. The number of para-hydroxylation sites is 3. The molecule has 0 radical (unpaired) electrons. The van der Waals surface area contributed by atoms with Crippen LogP contribution in [0.3, 0.4) is 0 Å².